The van der Waals surface area contributed by atoms with Gasteiger partial charge in [0, 0.05) is 48.1 Å². The van der Waals surface area contributed by atoms with Crippen LogP contribution in [-0.2, 0) is 9.59 Å². The molecule has 1 N–H and O–H groups in total. The molecule has 148 valence electrons. The van der Waals surface area contributed by atoms with Gasteiger partial charge in [-0.25, -0.2) is 0 Å². The molecule has 1 atom stereocenters. The molecule has 1 fully saturated rings. The highest BCUT2D eigenvalue weighted by Crippen LogP contribution is 2.29. The lowest BCUT2D eigenvalue weighted by atomic mass is 10.1. The molecule has 1 aliphatic rings. The number of benzene rings is 2. The van der Waals surface area contributed by atoms with Crippen LogP contribution in [0.4, 0.5) is 17.1 Å². The molecular formula is C22H26ClN3O2. The molecule has 0 spiro atoms. The maximum atomic E-state index is 12.7. The second kappa shape index (κ2) is 8.65. The lowest BCUT2D eigenvalue weighted by Gasteiger charge is -2.22. The number of hydrogen-bond donors (Lipinski definition) is 1. The van der Waals surface area contributed by atoms with Gasteiger partial charge in [0.1, 0.15) is 0 Å². The first kappa shape index (κ1) is 20.2. The summed E-state index contributed by atoms with van der Waals surface area (Å²) in [7, 11) is 0. The van der Waals surface area contributed by atoms with E-state index in [9.17, 15) is 9.59 Å². The summed E-state index contributed by atoms with van der Waals surface area (Å²) in [5, 5.41) is 3.48. The summed E-state index contributed by atoms with van der Waals surface area (Å²) >= 11 is 6.03. The molecule has 2 amide bonds. The monoisotopic (exact) mass is 399 g/mol. The zero-order chi connectivity index (χ0) is 20.3. The molecular weight excluding hydrogens is 374 g/mol. The Labute approximate surface area is 171 Å². The molecule has 0 bridgehead atoms. The maximum Gasteiger partial charge on any atom is 0.229 e. The summed E-state index contributed by atoms with van der Waals surface area (Å²) in [6.45, 7) is 8.40. The Balaban J connectivity index is 1.69. The fourth-order valence-electron chi connectivity index (χ4n) is 3.53. The predicted octanol–water partition coefficient (Wildman–Crippen LogP) is 4.49. The Morgan fingerprint density at radius 2 is 1.86 bits per heavy atom. The highest BCUT2D eigenvalue weighted by Gasteiger charge is 2.35. The fourth-order valence-corrected chi connectivity index (χ4v) is 3.70. The predicted molar refractivity (Wildman–Crippen MR) is 115 cm³/mol. The third kappa shape index (κ3) is 4.30. The highest BCUT2D eigenvalue weighted by molar-refractivity contribution is 6.31. The Kier molecular flexibility index (Phi) is 6.25. The number of halogens is 1. The van der Waals surface area contributed by atoms with Crippen LogP contribution >= 0.6 is 11.6 Å². The summed E-state index contributed by atoms with van der Waals surface area (Å²) in [5.41, 5.74) is 3.58. The van der Waals surface area contributed by atoms with E-state index in [0.29, 0.717) is 17.3 Å². The molecule has 0 aromatic heterocycles. The molecule has 0 radical (unpaired) electrons. The lowest BCUT2D eigenvalue weighted by molar-refractivity contribution is -0.122. The van der Waals surface area contributed by atoms with E-state index >= 15 is 0 Å². The minimum absolute atomic E-state index is 0.0291. The van der Waals surface area contributed by atoms with Crippen molar-refractivity contribution in [2.24, 2.45) is 5.92 Å². The first-order chi connectivity index (χ1) is 13.4. The Morgan fingerprint density at radius 3 is 2.50 bits per heavy atom. The van der Waals surface area contributed by atoms with Gasteiger partial charge in [0.15, 0.2) is 0 Å². The molecule has 1 unspecified atom stereocenters. The maximum absolute atomic E-state index is 12.7. The topological polar surface area (TPSA) is 52.6 Å². The van der Waals surface area contributed by atoms with Gasteiger partial charge in [0.2, 0.25) is 11.8 Å². The van der Waals surface area contributed by atoms with Crippen LogP contribution in [0, 0.1) is 12.8 Å². The van der Waals surface area contributed by atoms with Crippen LogP contribution in [0.3, 0.4) is 0 Å². The van der Waals surface area contributed by atoms with Crippen LogP contribution in [0.2, 0.25) is 5.02 Å². The zero-order valence-corrected chi connectivity index (χ0v) is 17.3. The van der Waals surface area contributed by atoms with Gasteiger partial charge in [-0.15, -0.1) is 0 Å². The molecule has 5 nitrogen and oxygen atoms in total. The number of nitrogens with one attached hydrogen (secondary N) is 1. The lowest BCUT2D eigenvalue weighted by Crippen LogP contribution is -2.28. The van der Waals surface area contributed by atoms with Crippen LogP contribution in [0.5, 0.6) is 0 Å². The number of anilines is 3. The second-order valence-electron chi connectivity index (χ2n) is 7.04. The van der Waals surface area contributed by atoms with Crippen molar-refractivity contribution in [3.05, 3.63) is 53.1 Å². The average molecular weight is 400 g/mol. The number of carbonyl (C=O) groups excluding carboxylic acids is 2. The second-order valence-corrected chi connectivity index (χ2v) is 7.48. The van der Waals surface area contributed by atoms with E-state index in [4.69, 9.17) is 11.6 Å². The van der Waals surface area contributed by atoms with E-state index in [1.54, 1.807) is 17.0 Å². The molecule has 2 aromatic rings. The Morgan fingerprint density at radius 1 is 1.18 bits per heavy atom. The summed E-state index contributed by atoms with van der Waals surface area (Å²) < 4.78 is 0. The molecule has 2 aromatic carbocycles. The fraction of sp³-hybridized carbons (Fsp3) is 0.364. The normalized spacial score (nSPS) is 16.4. The SMILES string of the molecule is CCN(CC)c1ccc(N2CC(C(=O)Nc3cc(Cl)ccc3C)CC2=O)cc1. The van der Waals surface area contributed by atoms with Gasteiger partial charge in [-0.3, -0.25) is 9.59 Å². The molecule has 1 saturated heterocycles. The standard InChI is InChI=1S/C22H26ClN3O2/c1-4-25(5-2)18-8-10-19(11-9-18)26-14-16(12-21(26)27)22(28)24-20-13-17(23)7-6-15(20)3/h6-11,13,16H,4-5,12,14H2,1-3H3,(H,24,28). The van der Waals surface area contributed by atoms with Gasteiger partial charge in [-0.1, -0.05) is 17.7 Å². The van der Waals surface area contributed by atoms with Gasteiger partial charge in [-0.2, -0.15) is 0 Å². The van der Waals surface area contributed by atoms with E-state index in [1.807, 2.05) is 37.3 Å². The summed E-state index contributed by atoms with van der Waals surface area (Å²) in [6.07, 6.45) is 0.212. The van der Waals surface area contributed by atoms with E-state index in [0.717, 1.165) is 30.0 Å². The van der Waals surface area contributed by atoms with Gasteiger partial charge in [-0.05, 0) is 62.7 Å². The minimum Gasteiger partial charge on any atom is -0.372 e. The average Bonchev–Trinajstić information content (AvgIpc) is 3.08. The number of nitrogens with zero attached hydrogens (tertiary/aromatic N) is 2. The Hall–Kier alpha value is -2.53. The van der Waals surface area contributed by atoms with Gasteiger partial charge in [0.25, 0.3) is 0 Å². The third-order valence-corrected chi connectivity index (χ3v) is 5.48. The van der Waals surface area contributed by atoms with Crippen molar-refractivity contribution in [1.29, 1.82) is 0 Å². The molecule has 6 heteroatoms. The van der Waals surface area contributed by atoms with Crippen LogP contribution < -0.4 is 15.1 Å². The zero-order valence-electron chi connectivity index (χ0n) is 16.5. The smallest absolute Gasteiger partial charge is 0.229 e. The van der Waals surface area contributed by atoms with E-state index in [2.05, 4.69) is 24.1 Å². The van der Waals surface area contributed by atoms with Gasteiger partial charge >= 0.3 is 0 Å². The summed E-state index contributed by atoms with van der Waals surface area (Å²) in [6, 6.07) is 13.3. The molecule has 3 rings (SSSR count). The largest absolute Gasteiger partial charge is 0.372 e. The van der Waals surface area contributed by atoms with Crippen LogP contribution in [-0.4, -0.2) is 31.4 Å². The van der Waals surface area contributed by atoms with Crippen molar-refractivity contribution < 1.29 is 9.59 Å². The number of carbonyl (C=O) groups is 2. The summed E-state index contributed by atoms with van der Waals surface area (Å²) in [4.78, 5) is 29.1. The number of amides is 2. The van der Waals surface area contributed by atoms with Crippen LogP contribution in [0.15, 0.2) is 42.5 Å². The highest BCUT2D eigenvalue weighted by atomic mass is 35.5. The van der Waals surface area contributed by atoms with Crippen LogP contribution in [0.25, 0.3) is 0 Å². The number of rotatable bonds is 6. The summed E-state index contributed by atoms with van der Waals surface area (Å²) in [5.74, 6) is -0.562. The molecule has 1 aliphatic heterocycles. The third-order valence-electron chi connectivity index (χ3n) is 5.24. The number of hydrogen-bond acceptors (Lipinski definition) is 3. The van der Waals surface area contributed by atoms with Crippen molar-refractivity contribution in [2.45, 2.75) is 27.2 Å². The van der Waals surface area contributed by atoms with Gasteiger partial charge < -0.3 is 15.1 Å². The van der Waals surface area contributed by atoms with Crippen molar-refractivity contribution in [2.75, 3.05) is 34.8 Å². The number of aryl methyl sites for hydroxylation is 1. The minimum atomic E-state index is -0.381. The molecule has 28 heavy (non-hydrogen) atoms. The quantitative estimate of drug-likeness (QED) is 0.778. The van der Waals surface area contributed by atoms with E-state index < -0.39 is 0 Å². The Bertz CT molecular complexity index is 863. The van der Waals surface area contributed by atoms with Crippen LogP contribution in [0.1, 0.15) is 25.8 Å². The van der Waals surface area contributed by atoms with E-state index in [-0.39, 0.29) is 24.2 Å². The van der Waals surface area contributed by atoms with Crippen molar-refractivity contribution >= 4 is 40.5 Å². The van der Waals surface area contributed by atoms with Crippen molar-refractivity contribution in [1.82, 2.24) is 0 Å². The van der Waals surface area contributed by atoms with Crippen molar-refractivity contribution in [3.8, 4) is 0 Å². The van der Waals surface area contributed by atoms with E-state index in [1.165, 1.54) is 0 Å². The molecule has 1 heterocycles. The van der Waals surface area contributed by atoms with Crippen molar-refractivity contribution in [3.63, 3.8) is 0 Å². The first-order valence-electron chi connectivity index (χ1n) is 9.65. The molecule has 0 saturated carbocycles. The first-order valence-corrected chi connectivity index (χ1v) is 10.0. The molecule has 0 aliphatic carbocycles. The van der Waals surface area contributed by atoms with Gasteiger partial charge in [0.05, 0.1) is 5.92 Å².